The minimum absolute atomic E-state index is 0.308. The lowest BCUT2D eigenvalue weighted by atomic mass is 10.2. The number of nitrogens with zero attached hydrogens (tertiary/aromatic N) is 3. The van der Waals surface area contributed by atoms with Gasteiger partial charge < -0.3 is 9.64 Å². The molecular formula is C14H18ClN3OS. The summed E-state index contributed by atoms with van der Waals surface area (Å²) in [7, 11) is 0. The van der Waals surface area contributed by atoms with Crippen molar-refractivity contribution in [1.82, 2.24) is 9.97 Å². The van der Waals surface area contributed by atoms with Crippen molar-refractivity contribution < 1.29 is 4.74 Å². The van der Waals surface area contributed by atoms with E-state index in [1.165, 1.54) is 4.88 Å². The largest absolute Gasteiger partial charge is 0.377 e. The molecule has 2 aromatic heterocycles. The molecule has 0 radical (unpaired) electrons. The number of hydrogen-bond acceptors (Lipinski definition) is 5. The Morgan fingerprint density at radius 2 is 2.25 bits per heavy atom. The van der Waals surface area contributed by atoms with Gasteiger partial charge in [-0.2, -0.15) is 4.98 Å². The van der Waals surface area contributed by atoms with Crippen LogP contribution in [0.2, 0.25) is 5.28 Å². The van der Waals surface area contributed by atoms with Gasteiger partial charge in [0.2, 0.25) is 5.28 Å². The number of hydrogen-bond donors (Lipinski definition) is 0. The first-order chi connectivity index (χ1) is 9.56. The summed E-state index contributed by atoms with van der Waals surface area (Å²) in [5.74, 6) is 1.44. The average Bonchev–Trinajstić information content (AvgIpc) is 2.82. The highest BCUT2D eigenvalue weighted by Gasteiger charge is 2.24. The van der Waals surface area contributed by atoms with Crippen LogP contribution in [0, 0.1) is 0 Å². The average molecular weight is 312 g/mol. The first kappa shape index (κ1) is 14.0. The van der Waals surface area contributed by atoms with Crippen LogP contribution in [0.1, 0.15) is 31.6 Å². The molecule has 1 fully saturated rings. The van der Waals surface area contributed by atoms with Gasteiger partial charge in [0, 0.05) is 11.4 Å². The molecule has 0 amide bonds. The van der Waals surface area contributed by atoms with E-state index in [9.17, 15) is 0 Å². The molecule has 0 spiro atoms. The minimum Gasteiger partial charge on any atom is -0.377 e. The van der Waals surface area contributed by atoms with Gasteiger partial charge in [0.25, 0.3) is 0 Å². The molecule has 0 unspecified atom stereocenters. The van der Waals surface area contributed by atoms with Gasteiger partial charge in [-0.1, -0.05) is 13.8 Å². The maximum Gasteiger partial charge on any atom is 0.224 e. The second kappa shape index (κ2) is 5.47. The van der Waals surface area contributed by atoms with Crippen LogP contribution in [0.25, 0.3) is 10.2 Å². The third-order valence-electron chi connectivity index (χ3n) is 3.55. The quantitative estimate of drug-likeness (QED) is 0.793. The maximum atomic E-state index is 6.10. The SMILES string of the molecule is CC(C)c1cc2nc(Cl)nc(N3CCOC[C@@H]3C)c2s1. The van der Waals surface area contributed by atoms with Crippen molar-refractivity contribution in [3.63, 3.8) is 0 Å². The lowest BCUT2D eigenvalue weighted by Gasteiger charge is -2.34. The van der Waals surface area contributed by atoms with Crippen LogP contribution in [0.4, 0.5) is 5.82 Å². The molecule has 3 rings (SSSR count). The van der Waals surface area contributed by atoms with Crippen LogP contribution in [0.15, 0.2) is 6.07 Å². The fraction of sp³-hybridized carbons (Fsp3) is 0.571. The summed E-state index contributed by atoms with van der Waals surface area (Å²) < 4.78 is 6.64. The van der Waals surface area contributed by atoms with Gasteiger partial charge in [0.1, 0.15) is 0 Å². The zero-order chi connectivity index (χ0) is 14.3. The summed E-state index contributed by atoms with van der Waals surface area (Å²) in [6, 6.07) is 2.44. The predicted molar refractivity (Wildman–Crippen MR) is 84.1 cm³/mol. The topological polar surface area (TPSA) is 38.2 Å². The highest BCUT2D eigenvalue weighted by Crippen LogP contribution is 2.36. The van der Waals surface area contributed by atoms with E-state index in [1.807, 2.05) is 0 Å². The van der Waals surface area contributed by atoms with E-state index >= 15 is 0 Å². The third kappa shape index (κ3) is 2.50. The summed E-state index contributed by atoms with van der Waals surface area (Å²) in [4.78, 5) is 12.4. The summed E-state index contributed by atoms with van der Waals surface area (Å²) >= 11 is 7.87. The van der Waals surface area contributed by atoms with Crippen molar-refractivity contribution >= 4 is 39.0 Å². The van der Waals surface area contributed by atoms with Gasteiger partial charge in [-0.25, -0.2) is 4.98 Å². The Morgan fingerprint density at radius 3 is 2.95 bits per heavy atom. The smallest absolute Gasteiger partial charge is 0.224 e. The molecule has 1 aliphatic heterocycles. The van der Waals surface area contributed by atoms with E-state index in [0.717, 1.165) is 35.8 Å². The van der Waals surface area contributed by atoms with Gasteiger partial charge in [-0.15, -0.1) is 11.3 Å². The molecule has 3 heterocycles. The number of aromatic nitrogens is 2. The van der Waals surface area contributed by atoms with E-state index in [2.05, 4.69) is 41.7 Å². The van der Waals surface area contributed by atoms with Gasteiger partial charge in [-0.05, 0) is 30.5 Å². The summed E-state index contributed by atoms with van der Waals surface area (Å²) in [5.41, 5.74) is 0.951. The van der Waals surface area contributed by atoms with Crippen molar-refractivity contribution in [1.29, 1.82) is 0 Å². The van der Waals surface area contributed by atoms with E-state index < -0.39 is 0 Å². The van der Waals surface area contributed by atoms with E-state index in [4.69, 9.17) is 16.3 Å². The molecule has 108 valence electrons. The molecular weight excluding hydrogens is 294 g/mol. The molecule has 4 nitrogen and oxygen atoms in total. The molecule has 2 aromatic rings. The fourth-order valence-corrected chi connectivity index (χ4v) is 3.70. The number of ether oxygens (including phenoxy) is 1. The van der Waals surface area contributed by atoms with Crippen LogP contribution < -0.4 is 4.90 Å². The number of anilines is 1. The first-order valence-corrected chi connectivity index (χ1v) is 8.07. The van der Waals surface area contributed by atoms with Gasteiger partial charge >= 0.3 is 0 Å². The molecule has 0 aliphatic carbocycles. The van der Waals surface area contributed by atoms with E-state index in [-0.39, 0.29) is 0 Å². The number of morpholine rings is 1. The molecule has 0 saturated carbocycles. The Bertz CT molecular complexity index is 628. The summed E-state index contributed by atoms with van der Waals surface area (Å²) in [5, 5.41) is 0.319. The van der Waals surface area contributed by atoms with Crippen molar-refractivity contribution in [3.8, 4) is 0 Å². The number of fused-ring (bicyclic) bond motifs is 1. The Kier molecular flexibility index (Phi) is 3.84. The van der Waals surface area contributed by atoms with Crippen LogP contribution in [-0.4, -0.2) is 35.8 Å². The molecule has 1 atom stereocenters. The Hall–Kier alpha value is -0.910. The normalized spacial score (nSPS) is 20.1. The summed E-state index contributed by atoms with van der Waals surface area (Å²) in [6.07, 6.45) is 0. The second-order valence-electron chi connectivity index (χ2n) is 5.45. The number of thiophene rings is 1. The van der Waals surface area contributed by atoms with Crippen LogP contribution in [0.3, 0.4) is 0 Å². The molecule has 0 N–H and O–H groups in total. The summed E-state index contributed by atoms with van der Waals surface area (Å²) in [6.45, 7) is 8.84. The lowest BCUT2D eigenvalue weighted by Crippen LogP contribution is -2.44. The van der Waals surface area contributed by atoms with Crippen LogP contribution >= 0.6 is 22.9 Å². The molecule has 20 heavy (non-hydrogen) atoms. The predicted octanol–water partition coefficient (Wildman–Crippen LogP) is 3.69. The highest BCUT2D eigenvalue weighted by atomic mass is 35.5. The standard InChI is InChI=1S/C14H18ClN3OS/c1-8(2)11-6-10-12(20-11)13(17-14(15)16-10)18-4-5-19-7-9(18)3/h6,8-9H,4-5,7H2,1-3H3/t9-/m0/s1. The van der Waals surface area contributed by atoms with Gasteiger partial charge in [-0.3, -0.25) is 0 Å². The fourth-order valence-electron chi connectivity index (χ4n) is 2.43. The van der Waals surface area contributed by atoms with Gasteiger partial charge in [0.15, 0.2) is 5.82 Å². The third-order valence-corrected chi connectivity index (χ3v) is 5.14. The van der Waals surface area contributed by atoms with Gasteiger partial charge in [0.05, 0.1) is 29.5 Å². The zero-order valence-corrected chi connectivity index (χ0v) is 13.5. The second-order valence-corrected chi connectivity index (χ2v) is 6.87. The first-order valence-electron chi connectivity index (χ1n) is 6.87. The van der Waals surface area contributed by atoms with E-state index in [1.54, 1.807) is 11.3 Å². The zero-order valence-electron chi connectivity index (χ0n) is 11.9. The van der Waals surface area contributed by atoms with Crippen LogP contribution in [-0.2, 0) is 4.74 Å². The number of rotatable bonds is 2. The molecule has 1 aliphatic rings. The highest BCUT2D eigenvalue weighted by molar-refractivity contribution is 7.19. The van der Waals surface area contributed by atoms with E-state index in [0.29, 0.717) is 17.2 Å². The Labute approximate surface area is 127 Å². The van der Waals surface area contributed by atoms with Crippen molar-refractivity contribution in [3.05, 3.63) is 16.2 Å². The minimum atomic E-state index is 0.308. The molecule has 0 aromatic carbocycles. The Morgan fingerprint density at radius 1 is 1.45 bits per heavy atom. The van der Waals surface area contributed by atoms with Crippen LogP contribution in [0.5, 0.6) is 0 Å². The van der Waals surface area contributed by atoms with Crippen molar-refractivity contribution in [2.24, 2.45) is 0 Å². The number of halogens is 1. The monoisotopic (exact) mass is 311 g/mol. The van der Waals surface area contributed by atoms with Crippen molar-refractivity contribution in [2.45, 2.75) is 32.7 Å². The maximum absolute atomic E-state index is 6.10. The van der Waals surface area contributed by atoms with Crippen molar-refractivity contribution in [2.75, 3.05) is 24.7 Å². The Balaban J connectivity index is 2.13. The molecule has 0 bridgehead atoms. The molecule has 1 saturated heterocycles. The lowest BCUT2D eigenvalue weighted by molar-refractivity contribution is 0.0987. The molecule has 6 heteroatoms.